The van der Waals surface area contributed by atoms with Gasteiger partial charge in [-0.25, -0.2) is 0 Å². The topological polar surface area (TPSA) is 72.8 Å². The van der Waals surface area contributed by atoms with Crippen LogP contribution in [0.15, 0.2) is 4.34 Å². The van der Waals surface area contributed by atoms with Gasteiger partial charge in [-0.3, -0.25) is 9.69 Å². The Morgan fingerprint density at radius 2 is 2.05 bits per heavy atom. The van der Waals surface area contributed by atoms with Gasteiger partial charge in [-0.1, -0.05) is 23.1 Å². The lowest BCUT2D eigenvalue weighted by Gasteiger charge is -2.34. The number of anilines is 1. The zero-order chi connectivity index (χ0) is 15.2. The van der Waals surface area contributed by atoms with Crippen LogP contribution in [0.4, 0.5) is 5.13 Å². The lowest BCUT2D eigenvalue weighted by molar-refractivity contribution is -0.133. The number of likely N-dealkylation sites (N-methyl/N-ethyl adjacent to an activating group) is 1. The van der Waals surface area contributed by atoms with Gasteiger partial charge in [0.25, 0.3) is 0 Å². The molecule has 0 spiro atoms. The van der Waals surface area contributed by atoms with E-state index in [0.717, 1.165) is 48.7 Å². The molecule has 0 unspecified atom stereocenters. The summed E-state index contributed by atoms with van der Waals surface area (Å²) in [6, 6.07) is 0. The van der Waals surface area contributed by atoms with Gasteiger partial charge in [0.15, 0.2) is 4.34 Å². The van der Waals surface area contributed by atoms with Crippen LogP contribution < -0.4 is 4.90 Å². The van der Waals surface area contributed by atoms with E-state index in [2.05, 4.69) is 39.0 Å². The highest BCUT2D eigenvalue weighted by molar-refractivity contribution is 8.01. The summed E-state index contributed by atoms with van der Waals surface area (Å²) < 4.78 is 0.724. The third-order valence-electron chi connectivity index (χ3n) is 3.22. The summed E-state index contributed by atoms with van der Waals surface area (Å²) in [6.07, 6.45) is 0. The lowest BCUT2D eigenvalue weighted by atomic mass is 10.3. The number of nitrogens with zero attached hydrogens (tertiary/aromatic N) is 5. The van der Waals surface area contributed by atoms with Crippen molar-refractivity contribution < 1.29 is 9.90 Å². The average molecular weight is 331 g/mol. The highest BCUT2D eigenvalue weighted by Crippen LogP contribution is 2.28. The summed E-state index contributed by atoms with van der Waals surface area (Å²) in [5.41, 5.74) is 0. The molecule has 0 radical (unpaired) electrons. The molecule has 0 saturated carbocycles. The number of thioether (sulfide) groups is 1. The Kier molecular flexibility index (Phi) is 6.22. The van der Waals surface area contributed by atoms with Gasteiger partial charge in [0.2, 0.25) is 5.13 Å². The fraction of sp³-hybridized carbons (Fsp3) is 0.750. The average Bonchev–Trinajstić information content (AvgIpc) is 2.92. The van der Waals surface area contributed by atoms with Crippen LogP contribution in [0, 0.1) is 0 Å². The van der Waals surface area contributed by atoms with Crippen LogP contribution in [-0.2, 0) is 4.79 Å². The van der Waals surface area contributed by atoms with E-state index in [0.29, 0.717) is 0 Å². The molecule has 1 aromatic rings. The molecule has 0 aromatic carbocycles. The van der Waals surface area contributed by atoms with Crippen molar-refractivity contribution >= 4 is 34.2 Å². The fourth-order valence-corrected chi connectivity index (χ4v) is 3.63. The van der Waals surface area contributed by atoms with Gasteiger partial charge in [0.1, 0.15) is 0 Å². The quantitative estimate of drug-likeness (QED) is 0.720. The van der Waals surface area contributed by atoms with E-state index in [1.54, 1.807) is 0 Å². The zero-order valence-corrected chi connectivity index (χ0v) is 14.0. The molecular formula is C12H21N5O2S2. The molecule has 0 bridgehead atoms. The molecule has 1 aliphatic rings. The molecule has 0 atom stereocenters. The highest BCUT2D eigenvalue weighted by Gasteiger charge is 2.20. The van der Waals surface area contributed by atoms with Gasteiger partial charge in [0.05, 0.1) is 5.75 Å². The van der Waals surface area contributed by atoms with Crippen molar-refractivity contribution in [1.82, 2.24) is 20.0 Å². The van der Waals surface area contributed by atoms with Crippen molar-refractivity contribution in [2.75, 3.05) is 64.0 Å². The molecular weight excluding hydrogens is 310 g/mol. The Balaban J connectivity index is 1.78. The van der Waals surface area contributed by atoms with Gasteiger partial charge in [-0.05, 0) is 14.1 Å². The molecule has 0 aliphatic carbocycles. The summed E-state index contributed by atoms with van der Waals surface area (Å²) in [5.74, 6) is -0.793. The molecule has 9 heteroatoms. The zero-order valence-electron chi connectivity index (χ0n) is 12.4. The smallest absolute Gasteiger partial charge is 0.313 e. The van der Waals surface area contributed by atoms with E-state index in [-0.39, 0.29) is 5.75 Å². The molecule has 1 aliphatic heterocycles. The van der Waals surface area contributed by atoms with E-state index >= 15 is 0 Å². The monoisotopic (exact) mass is 331 g/mol. The first-order chi connectivity index (χ1) is 10.0. The first-order valence-electron chi connectivity index (χ1n) is 6.84. The Labute approximate surface area is 132 Å². The maximum absolute atomic E-state index is 10.5. The van der Waals surface area contributed by atoms with Crippen molar-refractivity contribution in [2.24, 2.45) is 0 Å². The first-order valence-corrected chi connectivity index (χ1v) is 8.65. The van der Waals surface area contributed by atoms with Crippen molar-refractivity contribution in [2.45, 2.75) is 4.34 Å². The first kappa shape index (κ1) is 16.5. The second kappa shape index (κ2) is 7.92. The molecule has 7 nitrogen and oxygen atoms in total. The SMILES string of the molecule is CN(C)CCN1CCN(c2nnc(SCC(=O)O)s2)CC1. The molecule has 21 heavy (non-hydrogen) atoms. The minimum absolute atomic E-state index is 0.0347. The number of aliphatic carboxylic acids is 1. The van der Waals surface area contributed by atoms with Crippen LogP contribution in [0.3, 0.4) is 0 Å². The van der Waals surface area contributed by atoms with Gasteiger partial charge >= 0.3 is 5.97 Å². The summed E-state index contributed by atoms with van der Waals surface area (Å²) in [7, 11) is 4.18. The third-order valence-corrected chi connectivity index (χ3v) is 5.32. The number of carboxylic acids is 1. The summed E-state index contributed by atoms with van der Waals surface area (Å²) in [5, 5.41) is 17.8. The van der Waals surface area contributed by atoms with Crippen molar-refractivity contribution in [3.63, 3.8) is 0 Å². The van der Waals surface area contributed by atoms with Crippen LogP contribution in [-0.4, -0.2) is 90.2 Å². The fourth-order valence-electron chi connectivity index (χ4n) is 2.02. The lowest BCUT2D eigenvalue weighted by Crippen LogP contribution is -2.48. The molecule has 1 aromatic heterocycles. The minimum atomic E-state index is -0.828. The molecule has 1 fully saturated rings. The number of rotatable bonds is 7. The van der Waals surface area contributed by atoms with E-state index in [1.165, 1.54) is 23.1 Å². The largest absolute Gasteiger partial charge is 0.481 e. The number of piperazine rings is 1. The number of aromatic nitrogens is 2. The second-order valence-corrected chi connectivity index (χ2v) is 7.34. The van der Waals surface area contributed by atoms with Crippen molar-refractivity contribution in [3.8, 4) is 0 Å². The normalized spacial score (nSPS) is 16.6. The van der Waals surface area contributed by atoms with Crippen molar-refractivity contribution in [1.29, 1.82) is 0 Å². The highest BCUT2D eigenvalue weighted by atomic mass is 32.2. The second-order valence-electron chi connectivity index (χ2n) is 5.16. The van der Waals surface area contributed by atoms with E-state index in [9.17, 15) is 4.79 Å². The van der Waals surface area contributed by atoms with Crippen LogP contribution in [0.2, 0.25) is 0 Å². The van der Waals surface area contributed by atoms with Crippen LogP contribution in [0.5, 0.6) is 0 Å². The van der Waals surface area contributed by atoms with Crippen molar-refractivity contribution in [3.05, 3.63) is 0 Å². The molecule has 1 N–H and O–H groups in total. The maximum atomic E-state index is 10.5. The predicted octanol–water partition coefficient (Wildman–Crippen LogP) is 0.398. The Bertz CT molecular complexity index is 460. The Hall–Kier alpha value is -0.900. The van der Waals surface area contributed by atoms with E-state index in [1.807, 2.05) is 0 Å². The molecule has 0 amide bonds. The predicted molar refractivity (Wildman–Crippen MR) is 85.5 cm³/mol. The van der Waals surface area contributed by atoms with Crippen LogP contribution >= 0.6 is 23.1 Å². The van der Waals surface area contributed by atoms with Crippen LogP contribution in [0.25, 0.3) is 0 Å². The summed E-state index contributed by atoms with van der Waals surface area (Å²) in [4.78, 5) is 17.4. The van der Waals surface area contributed by atoms with Crippen LogP contribution in [0.1, 0.15) is 0 Å². The standard InChI is InChI=1S/C12H21N5O2S2/c1-15(2)3-4-16-5-7-17(8-6-16)11-13-14-12(21-11)20-9-10(18)19/h3-9H2,1-2H3,(H,18,19). The third kappa shape index (κ3) is 5.42. The summed E-state index contributed by atoms with van der Waals surface area (Å²) >= 11 is 2.71. The Morgan fingerprint density at radius 1 is 1.33 bits per heavy atom. The molecule has 1 saturated heterocycles. The minimum Gasteiger partial charge on any atom is -0.481 e. The van der Waals surface area contributed by atoms with Gasteiger partial charge < -0.3 is 14.9 Å². The van der Waals surface area contributed by atoms with Gasteiger partial charge in [-0.2, -0.15) is 0 Å². The Morgan fingerprint density at radius 3 is 2.67 bits per heavy atom. The van der Waals surface area contributed by atoms with Gasteiger partial charge in [-0.15, -0.1) is 10.2 Å². The van der Waals surface area contributed by atoms with E-state index in [4.69, 9.17) is 5.11 Å². The molecule has 118 valence electrons. The number of hydrogen-bond donors (Lipinski definition) is 1. The molecule has 2 heterocycles. The van der Waals surface area contributed by atoms with Gasteiger partial charge in [0, 0.05) is 39.3 Å². The number of carboxylic acid groups (broad SMARTS) is 1. The summed E-state index contributed by atoms with van der Waals surface area (Å²) in [6.45, 7) is 6.14. The maximum Gasteiger partial charge on any atom is 0.313 e. The number of hydrogen-bond acceptors (Lipinski definition) is 8. The molecule has 2 rings (SSSR count). The van der Waals surface area contributed by atoms with E-state index < -0.39 is 5.97 Å². The number of carbonyl (C=O) groups is 1.